The highest BCUT2D eigenvalue weighted by Crippen LogP contribution is 2.26. The molecular formula is C13H10ClNO2. The van der Waals surface area contributed by atoms with Gasteiger partial charge in [-0.15, -0.1) is 0 Å². The zero-order valence-corrected chi connectivity index (χ0v) is 9.90. The predicted molar refractivity (Wildman–Crippen MR) is 66.4 cm³/mol. The lowest BCUT2D eigenvalue weighted by atomic mass is 10.0. The maximum atomic E-state index is 10.9. The molecule has 2 aromatic rings. The number of aryl methyl sites for hydroxylation is 1. The molecule has 0 fully saturated rings. The summed E-state index contributed by atoms with van der Waals surface area (Å²) in [5.41, 5.74) is 2.85. The van der Waals surface area contributed by atoms with Crippen LogP contribution in [-0.2, 0) is 0 Å². The van der Waals surface area contributed by atoms with Crippen molar-refractivity contribution in [3.8, 4) is 11.1 Å². The fourth-order valence-corrected chi connectivity index (χ4v) is 1.87. The molecule has 0 saturated heterocycles. The van der Waals surface area contributed by atoms with E-state index < -0.39 is 5.97 Å². The van der Waals surface area contributed by atoms with Crippen LogP contribution in [0.3, 0.4) is 0 Å². The molecule has 17 heavy (non-hydrogen) atoms. The molecule has 0 aliphatic heterocycles. The van der Waals surface area contributed by atoms with Crippen LogP contribution in [0.25, 0.3) is 11.1 Å². The van der Waals surface area contributed by atoms with E-state index in [-0.39, 0.29) is 5.56 Å². The van der Waals surface area contributed by atoms with Gasteiger partial charge in [0.05, 0.1) is 5.56 Å². The second kappa shape index (κ2) is 4.55. The Bertz CT molecular complexity index is 581. The monoisotopic (exact) mass is 247 g/mol. The van der Waals surface area contributed by atoms with Crippen molar-refractivity contribution in [2.75, 3.05) is 0 Å². The van der Waals surface area contributed by atoms with Crippen LogP contribution in [0.5, 0.6) is 0 Å². The van der Waals surface area contributed by atoms with E-state index in [1.54, 1.807) is 24.5 Å². The first-order chi connectivity index (χ1) is 8.08. The van der Waals surface area contributed by atoms with Crippen LogP contribution < -0.4 is 0 Å². The lowest BCUT2D eigenvalue weighted by molar-refractivity contribution is 0.0697. The summed E-state index contributed by atoms with van der Waals surface area (Å²) in [7, 11) is 0. The van der Waals surface area contributed by atoms with Gasteiger partial charge < -0.3 is 5.11 Å². The molecular weight excluding hydrogens is 238 g/mol. The standard InChI is InChI=1S/C13H10ClNO2/c1-8-2-3-15-7-12(8)9-4-10(13(16)17)6-11(14)5-9/h2-7H,1H3,(H,16,17). The van der Waals surface area contributed by atoms with Gasteiger partial charge in [-0.25, -0.2) is 4.79 Å². The van der Waals surface area contributed by atoms with Crippen molar-refractivity contribution < 1.29 is 9.90 Å². The van der Waals surface area contributed by atoms with Gasteiger partial charge in [0, 0.05) is 23.0 Å². The van der Waals surface area contributed by atoms with E-state index in [1.165, 1.54) is 6.07 Å². The van der Waals surface area contributed by atoms with Crippen LogP contribution in [0, 0.1) is 6.92 Å². The number of aromatic carboxylic acids is 1. The van der Waals surface area contributed by atoms with Gasteiger partial charge in [0.15, 0.2) is 0 Å². The Balaban J connectivity index is 2.60. The average molecular weight is 248 g/mol. The van der Waals surface area contributed by atoms with Gasteiger partial charge >= 0.3 is 5.97 Å². The summed E-state index contributed by atoms with van der Waals surface area (Å²) in [4.78, 5) is 15.0. The van der Waals surface area contributed by atoms with Gasteiger partial charge in [-0.3, -0.25) is 4.98 Å². The second-order valence-corrected chi connectivity index (χ2v) is 4.16. The van der Waals surface area contributed by atoms with Gasteiger partial charge in [0.25, 0.3) is 0 Å². The summed E-state index contributed by atoms with van der Waals surface area (Å²) in [5.74, 6) is -0.990. The summed E-state index contributed by atoms with van der Waals surface area (Å²) < 4.78 is 0. The molecule has 1 aromatic carbocycles. The maximum Gasteiger partial charge on any atom is 0.335 e. The highest BCUT2D eigenvalue weighted by atomic mass is 35.5. The van der Waals surface area contributed by atoms with Gasteiger partial charge in [0.1, 0.15) is 0 Å². The third-order valence-corrected chi connectivity index (χ3v) is 2.71. The number of hydrogen-bond acceptors (Lipinski definition) is 2. The van der Waals surface area contributed by atoms with Crippen LogP contribution in [0.1, 0.15) is 15.9 Å². The van der Waals surface area contributed by atoms with Crippen molar-refractivity contribution in [3.05, 3.63) is 52.8 Å². The number of carbonyl (C=O) groups is 1. The molecule has 0 bridgehead atoms. The number of hydrogen-bond donors (Lipinski definition) is 1. The van der Waals surface area contributed by atoms with Crippen LogP contribution in [0.4, 0.5) is 0 Å². The van der Waals surface area contributed by atoms with E-state index in [0.29, 0.717) is 5.02 Å². The summed E-state index contributed by atoms with van der Waals surface area (Å²) >= 11 is 5.91. The Labute approximate surface area is 104 Å². The lowest BCUT2D eigenvalue weighted by Crippen LogP contribution is -1.97. The minimum Gasteiger partial charge on any atom is -0.478 e. The Hall–Kier alpha value is -1.87. The molecule has 0 radical (unpaired) electrons. The number of carboxylic acids is 1. The van der Waals surface area contributed by atoms with E-state index >= 15 is 0 Å². The number of pyridine rings is 1. The van der Waals surface area contributed by atoms with Crippen LogP contribution >= 0.6 is 11.6 Å². The number of benzene rings is 1. The Morgan fingerprint density at radius 2 is 2.12 bits per heavy atom. The van der Waals surface area contributed by atoms with Crippen molar-refractivity contribution >= 4 is 17.6 Å². The number of halogens is 1. The van der Waals surface area contributed by atoms with E-state index in [4.69, 9.17) is 16.7 Å². The van der Waals surface area contributed by atoms with Crippen LogP contribution in [-0.4, -0.2) is 16.1 Å². The summed E-state index contributed by atoms with van der Waals surface area (Å²) in [6.45, 7) is 1.94. The summed E-state index contributed by atoms with van der Waals surface area (Å²) in [5, 5.41) is 9.38. The number of rotatable bonds is 2. The molecule has 1 heterocycles. The van der Waals surface area contributed by atoms with Crippen LogP contribution in [0.15, 0.2) is 36.7 Å². The van der Waals surface area contributed by atoms with Crippen molar-refractivity contribution in [3.63, 3.8) is 0 Å². The molecule has 3 nitrogen and oxygen atoms in total. The largest absolute Gasteiger partial charge is 0.478 e. The quantitative estimate of drug-likeness (QED) is 0.885. The minimum absolute atomic E-state index is 0.177. The molecule has 1 N–H and O–H groups in total. The van der Waals surface area contributed by atoms with Crippen molar-refractivity contribution in [1.29, 1.82) is 0 Å². The molecule has 1 aromatic heterocycles. The molecule has 0 spiro atoms. The smallest absolute Gasteiger partial charge is 0.335 e. The molecule has 0 amide bonds. The molecule has 4 heteroatoms. The predicted octanol–water partition coefficient (Wildman–Crippen LogP) is 3.41. The normalized spacial score (nSPS) is 10.2. The number of aromatic nitrogens is 1. The first-order valence-corrected chi connectivity index (χ1v) is 5.40. The SMILES string of the molecule is Cc1ccncc1-c1cc(Cl)cc(C(=O)O)c1. The molecule has 0 saturated carbocycles. The summed E-state index contributed by atoms with van der Waals surface area (Å²) in [6, 6.07) is 6.63. The maximum absolute atomic E-state index is 10.9. The Morgan fingerprint density at radius 1 is 1.35 bits per heavy atom. The molecule has 0 aliphatic carbocycles. The van der Waals surface area contributed by atoms with E-state index in [9.17, 15) is 4.79 Å². The van der Waals surface area contributed by atoms with Gasteiger partial charge in [-0.2, -0.15) is 0 Å². The van der Waals surface area contributed by atoms with E-state index in [1.807, 2.05) is 13.0 Å². The zero-order valence-electron chi connectivity index (χ0n) is 9.14. The highest BCUT2D eigenvalue weighted by molar-refractivity contribution is 6.31. The number of carboxylic acid groups (broad SMARTS) is 1. The highest BCUT2D eigenvalue weighted by Gasteiger charge is 2.09. The van der Waals surface area contributed by atoms with Gasteiger partial charge in [0.2, 0.25) is 0 Å². The second-order valence-electron chi connectivity index (χ2n) is 3.72. The van der Waals surface area contributed by atoms with Gasteiger partial charge in [-0.05, 0) is 42.3 Å². The average Bonchev–Trinajstić information content (AvgIpc) is 2.28. The first-order valence-electron chi connectivity index (χ1n) is 5.03. The molecule has 0 aliphatic rings. The topological polar surface area (TPSA) is 50.2 Å². The Morgan fingerprint density at radius 3 is 2.76 bits per heavy atom. The lowest BCUT2D eigenvalue weighted by Gasteiger charge is -2.06. The Kier molecular flexibility index (Phi) is 3.11. The fourth-order valence-electron chi connectivity index (χ4n) is 1.63. The van der Waals surface area contributed by atoms with Crippen molar-refractivity contribution in [2.24, 2.45) is 0 Å². The molecule has 0 atom stereocenters. The van der Waals surface area contributed by atoms with Crippen molar-refractivity contribution in [2.45, 2.75) is 6.92 Å². The van der Waals surface area contributed by atoms with Crippen molar-refractivity contribution in [1.82, 2.24) is 4.98 Å². The zero-order chi connectivity index (χ0) is 12.4. The van der Waals surface area contributed by atoms with Gasteiger partial charge in [-0.1, -0.05) is 11.6 Å². The van der Waals surface area contributed by atoms with Crippen LogP contribution in [0.2, 0.25) is 5.02 Å². The van der Waals surface area contributed by atoms with E-state index in [2.05, 4.69) is 4.98 Å². The fraction of sp³-hybridized carbons (Fsp3) is 0.0769. The third kappa shape index (κ3) is 2.45. The first kappa shape index (κ1) is 11.6. The molecule has 2 rings (SSSR count). The third-order valence-electron chi connectivity index (χ3n) is 2.49. The molecule has 0 unspecified atom stereocenters. The number of nitrogens with zero attached hydrogens (tertiary/aromatic N) is 1. The van der Waals surface area contributed by atoms with E-state index in [0.717, 1.165) is 16.7 Å². The molecule has 86 valence electrons. The summed E-state index contributed by atoms with van der Waals surface area (Å²) in [6.07, 6.45) is 3.40. The minimum atomic E-state index is -0.990.